The zero-order valence-electron chi connectivity index (χ0n) is 23.4. The summed E-state index contributed by atoms with van der Waals surface area (Å²) in [7, 11) is 0. The Morgan fingerprint density at radius 2 is 1.52 bits per heavy atom. The van der Waals surface area contributed by atoms with Crippen molar-refractivity contribution < 1.29 is 29.0 Å². The van der Waals surface area contributed by atoms with Crippen molar-refractivity contribution in [1.82, 2.24) is 0 Å². The van der Waals surface area contributed by atoms with E-state index in [1.807, 2.05) is 67.6 Å². The Morgan fingerprint density at radius 3 is 2.17 bits per heavy atom. The molecule has 0 radical (unpaired) electrons. The first kappa shape index (κ1) is 28.4. The maximum atomic E-state index is 13.5. The third-order valence-electron chi connectivity index (χ3n) is 7.11. The number of benzene rings is 4. The summed E-state index contributed by atoms with van der Waals surface area (Å²) in [5.41, 5.74) is 4.07. The van der Waals surface area contributed by atoms with Gasteiger partial charge in [-0.3, -0.25) is 19.3 Å². The van der Waals surface area contributed by atoms with Crippen LogP contribution in [0.1, 0.15) is 40.8 Å². The molecule has 4 aromatic carbocycles. The van der Waals surface area contributed by atoms with Crippen LogP contribution >= 0.6 is 0 Å². The Balaban J connectivity index is 1.49. The Bertz CT molecular complexity index is 1630. The normalized spacial score (nSPS) is 16.0. The van der Waals surface area contributed by atoms with Crippen LogP contribution in [-0.2, 0) is 32.1 Å². The van der Waals surface area contributed by atoms with E-state index in [1.54, 1.807) is 49.4 Å². The van der Waals surface area contributed by atoms with Gasteiger partial charge in [-0.25, -0.2) is 0 Å². The van der Waals surface area contributed by atoms with Crippen LogP contribution in [0, 0.1) is 6.92 Å². The maximum Gasteiger partial charge on any atom is 0.310 e. The minimum absolute atomic E-state index is 0.000783. The molecule has 1 aliphatic heterocycles. The van der Waals surface area contributed by atoms with Crippen LogP contribution in [0.5, 0.6) is 5.75 Å². The van der Waals surface area contributed by atoms with E-state index in [0.29, 0.717) is 35.8 Å². The number of carbonyl (C=O) groups excluding carboxylic acids is 3. The van der Waals surface area contributed by atoms with Gasteiger partial charge in [0.1, 0.15) is 18.1 Å². The second kappa shape index (κ2) is 12.6. The van der Waals surface area contributed by atoms with Gasteiger partial charge in [-0.2, -0.15) is 0 Å². The molecule has 0 bridgehead atoms. The highest BCUT2D eigenvalue weighted by Crippen LogP contribution is 2.42. The van der Waals surface area contributed by atoms with Crippen molar-refractivity contribution in [2.45, 2.75) is 32.9 Å². The highest BCUT2D eigenvalue weighted by atomic mass is 16.5. The van der Waals surface area contributed by atoms with Crippen molar-refractivity contribution in [3.63, 3.8) is 0 Å². The number of ketones is 1. The molecule has 1 amide bonds. The highest BCUT2D eigenvalue weighted by Gasteiger charge is 2.46. The van der Waals surface area contributed by atoms with E-state index in [0.717, 1.165) is 16.7 Å². The molecule has 0 aliphatic carbocycles. The average Bonchev–Trinajstić information content (AvgIpc) is 3.27. The molecule has 1 aliphatic rings. The molecule has 1 saturated heterocycles. The zero-order valence-corrected chi connectivity index (χ0v) is 23.4. The first-order valence-corrected chi connectivity index (χ1v) is 13.8. The van der Waals surface area contributed by atoms with E-state index in [1.165, 1.54) is 4.90 Å². The van der Waals surface area contributed by atoms with Gasteiger partial charge in [0.15, 0.2) is 0 Å². The average molecular weight is 562 g/mol. The number of nitrogens with zero attached hydrogens (tertiary/aromatic N) is 1. The predicted octanol–water partition coefficient (Wildman–Crippen LogP) is 6.31. The summed E-state index contributed by atoms with van der Waals surface area (Å²) in [5.74, 6) is -1.48. The van der Waals surface area contributed by atoms with Crippen molar-refractivity contribution in [1.29, 1.82) is 0 Å². The highest BCUT2D eigenvalue weighted by molar-refractivity contribution is 6.51. The van der Waals surface area contributed by atoms with Gasteiger partial charge >= 0.3 is 5.97 Å². The minimum Gasteiger partial charge on any atom is -0.507 e. The number of Topliss-reactive ketones (excluding diaryl/α,β-unsaturated/α-hetero) is 1. The molecule has 0 aromatic heterocycles. The first-order valence-electron chi connectivity index (χ1n) is 13.8. The first-order chi connectivity index (χ1) is 20.4. The minimum atomic E-state index is -0.851. The Labute approximate surface area is 244 Å². The number of anilines is 1. The number of rotatable bonds is 9. The lowest BCUT2D eigenvalue weighted by Gasteiger charge is -2.25. The van der Waals surface area contributed by atoms with Crippen LogP contribution in [0.2, 0.25) is 0 Å². The van der Waals surface area contributed by atoms with Gasteiger partial charge in [0.2, 0.25) is 0 Å². The van der Waals surface area contributed by atoms with Gasteiger partial charge in [-0.15, -0.1) is 0 Å². The summed E-state index contributed by atoms with van der Waals surface area (Å²) in [6, 6.07) is 30.1. The van der Waals surface area contributed by atoms with E-state index < -0.39 is 17.7 Å². The SMILES string of the molecule is CCOC(=O)Cc1ccc(N2C(=O)C(=O)/C(=C(\O)c3ccc(OCc4ccccc4)c(C)c3)C2c2ccccc2)cc1. The third-order valence-corrected chi connectivity index (χ3v) is 7.11. The molecular formula is C35H31NO6. The van der Waals surface area contributed by atoms with Gasteiger partial charge in [-0.05, 0) is 66.4 Å². The van der Waals surface area contributed by atoms with Gasteiger partial charge in [0, 0.05) is 11.3 Å². The molecular weight excluding hydrogens is 530 g/mol. The fourth-order valence-electron chi connectivity index (χ4n) is 5.05. The van der Waals surface area contributed by atoms with Crippen LogP contribution < -0.4 is 9.64 Å². The molecule has 0 spiro atoms. The van der Waals surface area contributed by atoms with Crippen LogP contribution in [0.4, 0.5) is 5.69 Å². The lowest BCUT2D eigenvalue weighted by atomic mass is 9.94. The molecule has 5 rings (SSSR count). The maximum absolute atomic E-state index is 13.5. The van der Waals surface area contributed by atoms with E-state index in [2.05, 4.69) is 0 Å². The molecule has 1 heterocycles. The standard InChI is InChI=1S/C35H31NO6/c1-3-41-30(37)21-24-14-17-28(18-15-24)36-32(26-12-8-5-9-13-26)31(34(39)35(36)40)33(38)27-16-19-29(23(2)20-27)42-22-25-10-6-4-7-11-25/h4-20,32,38H,3,21-22H2,1-2H3/b33-31-. The quantitative estimate of drug-likeness (QED) is 0.112. The summed E-state index contributed by atoms with van der Waals surface area (Å²) in [5, 5.41) is 11.5. The van der Waals surface area contributed by atoms with E-state index in [9.17, 15) is 19.5 Å². The van der Waals surface area contributed by atoms with Gasteiger partial charge in [0.25, 0.3) is 11.7 Å². The number of aliphatic hydroxyl groups is 1. The third kappa shape index (κ3) is 5.95. The predicted molar refractivity (Wildman–Crippen MR) is 160 cm³/mol. The Kier molecular flexibility index (Phi) is 8.48. The number of aryl methyl sites for hydroxylation is 1. The van der Waals surface area contributed by atoms with E-state index in [4.69, 9.17) is 9.47 Å². The number of hydrogen-bond acceptors (Lipinski definition) is 6. The lowest BCUT2D eigenvalue weighted by molar-refractivity contribution is -0.142. The number of ether oxygens (including phenoxy) is 2. The lowest BCUT2D eigenvalue weighted by Crippen LogP contribution is -2.29. The monoisotopic (exact) mass is 561 g/mol. The van der Waals surface area contributed by atoms with Crippen molar-refractivity contribution in [2.24, 2.45) is 0 Å². The van der Waals surface area contributed by atoms with Crippen molar-refractivity contribution in [3.8, 4) is 5.75 Å². The fraction of sp³-hybridized carbons (Fsp3) is 0.171. The van der Waals surface area contributed by atoms with Crippen LogP contribution in [0.3, 0.4) is 0 Å². The van der Waals surface area contributed by atoms with Crippen molar-refractivity contribution in [3.05, 3.63) is 137 Å². The second-order valence-corrected chi connectivity index (χ2v) is 9.98. The Morgan fingerprint density at radius 1 is 0.857 bits per heavy atom. The van der Waals surface area contributed by atoms with Crippen LogP contribution in [-0.4, -0.2) is 29.4 Å². The van der Waals surface area contributed by atoms with Crippen LogP contribution in [0.25, 0.3) is 5.76 Å². The summed E-state index contributed by atoms with van der Waals surface area (Å²) in [6.45, 7) is 4.30. The van der Waals surface area contributed by atoms with Gasteiger partial charge in [0.05, 0.1) is 24.6 Å². The molecule has 42 heavy (non-hydrogen) atoms. The van der Waals surface area contributed by atoms with Crippen LogP contribution in [0.15, 0.2) is 109 Å². The molecule has 1 unspecified atom stereocenters. The summed E-state index contributed by atoms with van der Waals surface area (Å²) < 4.78 is 11.0. The number of amides is 1. The number of hydrogen-bond donors (Lipinski definition) is 1. The zero-order chi connectivity index (χ0) is 29.6. The van der Waals surface area contributed by atoms with E-state index >= 15 is 0 Å². The molecule has 1 atom stereocenters. The molecule has 1 fully saturated rings. The van der Waals surface area contributed by atoms with E-state index in [-0.39, 0.29) is 23.7 Å². The summed E-state index contributed by atoms with van der Waals surface area (Å²) >= 11 is 0. The molecule has 0 saturated carbocycles. The topological polar surface area (TPSA) is 93.1 Å². The molecule has 1 N–H and O–H groups in total. The second-order valence-electron chi connectivity index (χ2n) is 9.98. The fourth-order valence-corrected chi connectivity index (χ4v) is 5.05. The summed E-state index contributed by atoms with van der Waals surface area (Å²) in [6.07, 6.45) is 0.0967. The smallest absolute Gasteiger partial charge is 0.310 e. The molecule has 7 heteroatoms. The van der Waals surface area contributed by atoms with Gasteiger partial charge < -0.3 is 14.6 Å². The van der Waals surface area contributed by atoms with Crippen molar-refractivity contribution >= 4 is 29.1 Å². The Hall–Kier alpha value is -5.17. The number of aliphatic hydroxyl groups excluding tert-OH is 1. The molecule has 4 aromatic rings. The molecule has 7 nitrogen and oxygen atoms in total. The van der Waals surface area contributed by atoms with Gasteiger partial charge in [-0.1, -0.05) is 72.8 Å². The summed E-state index contributed by atoms with van der Waals surface area (Å²) in [4.78, 5) is 40.3. The van der Waals surface area contributed by atoms with Crippen molar-refractivity contribution in [2.75, 3.05) is 11.5 Å². The number of esters is 1. The largest absolute Gasteiger partial charge is 0.507 e. The molecule has 212 valence electrons. The number of carbonyl (C=O) groups is 3.